The predicted molar refractivity (Wildman–Crippen MR) is 65.4 cm³/mol. The highest BCUT2D eigenvalue weighted by Crippen LogP contribution is 2.20. The van der Waals surface area contributed by atoms with Gasteiger partial charge in [-0.3, -0.25) is 0 Å². The van der Waals surface area contributed by atoms with Crippen molar-refractivity contribution < 1.29 is 0 Å². The van der Waals surface area contributed by atoms with Crippen molar-refractivity contribution in [2.75, 3.05) is 0 Å². The molecule has 0 fully saturated rings. The summed E-state index contributed by atoms with van der Waals surface area (Å²) in [6, 6.07) is 0. The highest BCUT2D eigenvalue weighted by Gasteiger charge is 2.26. The minimum Gasteiger partial charge on any atom is -0.384 e. The van der Waals surface area contributed by atoms with Crippen molar-refractivity contribution in [3.63, 3.8) is 0 Å². The maximum Gasteiger partial charge on any atom is 0.101 e. The van der Waals surface area contributed by atoms with Gasteiger partial charge < -0.3 is 10.6 Å². The third-order valence-electron chi connectivity index (χ3n) is 1.93. The second kappa shape index (κ2) is 3.54. The first-order chi connectivity index (χ1) is 6.18. The van der Waals surface area contributed by atoms with Crippen LogP contribution in [-0.2, 0) is 0 Å². The van der Waals surface area contributed by atoms with Gasteiger partial charge in [-0.25, -0.2) is 0 Å². The fraction of sp³-hybridized carbons (Fsp3) is 0.727. The maximum absolute atomic E-state index is 5.19. The molecule has 80 valence electrons. The van der Waals surface area contributed by atoms with Crippen LogP contribution in [0.1, 0.15) is 41.0 Å². The molecule has 0 aliphatic carbocycles. The molecule has 14 heavy (non-hydrogen) atoms. The molecule has 0 saturated carbocycles. The molecule has 0 radical (unpaired) electrons. The van der Waals surface area contributed by atoms with Crippen LogP contribution < -0.4 is 10.6 Å². The molecular weight excluding hydrogens is 192 g/mol. The first-order valence-corrected chi connectivity index (χ1v) is 5.40. The number of hydrogen-bond donors (Lipinski definition) is 2. The van der Waals surface area contributed by atoms with Crippen molar-refractivity contribution in [3.8, 4) is 0 Å². The summed E-state index contributed by atoms with van der Waals surface area (Å²) >= 11 is 5.19. The molecule has 0 aromatic heterocycles. The summed E-state index contributed by atoms with van der Waals surface area (Å²) < 4.78 is 0. The molecule has 0 spiro atoms. The van der Waals surface area contributed by atoms with Gasteiger partial charge in [0.15, 0.2) is 0 Å². The van der Waals surface area contributed by atoms with Crippen LogP contribution in [0.25, 0.3) is 0 Å². The Kier molecular flexibility index (Phi) is 2.91. The van der Waals surface area contributed by atoms with Crippen LogP contribution in [0.4, 0.5) is 0 Å². The van der Waals surface area contributed by atoms with Crippen LogP contribution in [0.15, 0.2) is 11.8 Å². The Labute approximate surface area is 92.2 Å². The second-order valence-corrected chi connectivity index (χ2v) is 6.03. The number of hydrogen-bond acceptors (Lipinski definition) is 2. The van der Waals surface area contributed by atoms with Crippen LogP contribution in [0.5, 0.6) is 0 Å². The van der Waals surface area contributed by atoms with Crippen molar-refractivity contribution in [2.45, 2.75) is 52.1 Å². The molecule has 0 unspecified atom stereocenters. The average Bonchev–Trinajstić information content (AvgIpc) is 1.74. The van der Waals surface area contributed by atoms with E-state index in [1.807, 2.05) is 6.08 Å². The number of thiocarbonyl (C=S) groups is 1. The fourth-order valence-electron chi connectivity index (χ4n) is 1.66. The molecule has 2 N–H and O–H groups in total. The molecule has 2 nitrogen and oxygen atoms in total. The minimum absolute atomic E-state index is 0.0689. The molecular formula is C11H20N2S. The average molecular weight is 212 g/mol. The van der Waals surface area contributed by atoms with E-state index in [1.54, 1.807) is 0 Å². The van der Waals surface area contributed by atoms with Gasteiger partial charge in [0, 0.05) is 23.2 Å². The van der Waals surface area contributed by atoms with Gasteiger partial charge in [-0.1, -0.05) is 12.2 Å². The van der Waals surface area contributed by atoms with E-state index in [0.717, 1.165) is 11.4 Å². The van der Waals surface area contributed by atoms with Gasteiger partial charge in [0.05, 0.1) is 0 Å². The highest BCUT2D eigenvalue weighted by molar-refractivity contribution is 7.80. The predicted octanol–water partition coefficient (Wildman–Crippen LogP) is 2.36. The Hall–Kier alpha value is -0.570. The van der Waals surface area contributed by atoms with Gasteiger partial charge in [-0.15, -0.1) is 0 Å². The molecule has 3 heteroatoms. The highest BCUT2D eigenvalue weighted by atomic mass is 32.1. The number of rotatable bonds is 1. The van der Waals surface area contributed by atoms with Gasteiger partial charge >= 0.3 is 0 Å². The SMILES string of the molecule is CC(C)(C)NC1=CC(=S)NC(C)(C)C1. The lowest BCUT2D eigenvalue weighted by molar-refractivity contribution is 0.398. The normalized spacial score (nSPS) is 21.2. The van der Waals surface area contributed by atoms with Crippen molar-refractivity contribution >= 4 is 17.2 Å². The molecule has 1 rings (SSSR count). The number of nitrogens with one attached hydrogen (secondary N) is 2. The van der Waals surface area contributed by atoms with Gasteiger partial charge in [0.2, 0.25) is 0 Å². The molecule has 0 atom stereocenters. The van der Waals surface area contributed by atoms with Gasteiger partial charge in [-0.05, 0) is 40.7 Å². The summed E-state index contributed by atoms with van der Waals surface area (Å²) in [6.45, 7) is 10.8. The molecule has 0 amide bonds. The van der Waals surface area contributed by atoms with Crippen LogP contribution in [-0.4, -0.2) is 16.1 Å². The standard InChI is InChI=1S/C11H20N2S/c1-10(2,3)12-8-6-9(14)13-11(4,5)7-8/h6,12H,7H2,1-5H3,(H,13,14). The lowest BCUT2D eigenvalue weighted by Gasteiger charge is -2.35. The monoisotopic (exact) mass is 212 g/mol. The summed E-state index contributed by atoms with van der Waals surface area (Å²) in [5.74, 6) is 0. The molecule has 0 saturated heterocycles. The van der Waals surface area contributed by atoms with E-state index >= 15 is 0 Å². The molecule has 0 aromatic rings. The molecule has 0 bridgehead atoms. The van der Waals surface area contributed by atoms with E-state index in [9.17, 15) is 0 Å². The Morgan fingerprint density at radius 1 is 1.43 bits per heavy atom. The van der Waals surface area contributed by atoms with Gasteiger partial charge in [-0.2, -0.15) is 0 Å². The minimum atomic E-state index is 0.0689. The quantitative estimate of drug-likeness (QED) is 0.653. The Balaban J connectivity index is 2.75. The summed E-state index contributed by atoms with van der Waals surface area (Å²) in [5, 5.41) is 6.76. The van der Waals surface area contributed by atoms with Crippen LogP contribution >= 0.6 is 12.2 Å². The van der Waals surface area contributed by atoms with Crippen molar-refractivity contribution in [3.05, 3.63) is 11.8 Å². The lowest BCUT2D eigenvalue weighted by atomic mass is 9.94. The Morgan fingerprint density at radius 2 is 2.00 bits per heavy atom. The van der Waals surface area contributed by atoms with Crippen molar-refractivity contribution in [2.24, 2.45) is 0 Å². The van der Waals surface area contributed by atoms with Gasteiger partial charge in [0.25, 0.3) is 0 Å². The molecule has 1 aliphatic heterocycles. The smallest absolute Gasteiger partial charge is 0.101 e. The first-order valence-electron chi connectivity index (χ1n) is 4.99. The van der Waals surface area contributed by atoms with Crippen molar-refractivity contribution in [1.82, 2.24) is 10.6 Å². The van der Waals surface area contributed by atoms with Crippen molar-refractivity contribution in [1.29, 1.82) is 0 Å². The van der Waals surface area contributed by atoms with Crippen LogP contribution in [0, 0.1) is 0 Å². The second-order valence-electron chi connectivity index (χ2n) is 5.59. The van der Waals surface area contributed by atoms with E-state index in [4.69, 9.17) is 12.2 Å². The summed E-state index contributed by atoms with van der Waals surface area (Å²) in [7, 11) is 0. The third-order valence-corrected chi connectivity index (χ3v) is 2.15. The molecule has 0 aromatic carbocycles. The third kappa shape index (κ3) is 3.66. The van der Waals surface area contributed by atoms with Crippen LogP contribution in [0.3, 0.4) is 0 Å². The lowest BCUT2D eigenvalue weighted by Crippen LogP contribution is -2.49. The summed E-state index contributed by atoms with van der Waals surface area (Å²) in [4.78, 5) is 0.827. The molecule has 1 heterocycles. The fourth-order valence-corrected chi connectivity index (χ4v) is 2.08. The zero-order valence-electron chi connectivity index (χ0n) is 9.69. The summed E-state index contributed by atoms with van der Waals surface area (Å²) in [5.41, 5.74) is 1.40. The largest absolute Gasteiger partial charge is 0.384 e. The molecule has 1 aliphatic rings. The van der Waals surface area contributed by atoms with E-state index in [1.165, 1.54) is 5.70 Å². The summed E-state index contributed by atoms with van der Waals surface area (Å²) in [6.07, 6.45) is 3.01. The topological polar surface area (TPSA) is 24.1 Å². The Morgan fingerprint density at radius 3 is 2.43 bits per heavy atom. The van der Waals surface area contributed by atoms with E-state index in [2.05, 4.69) is 45.3 Å². The van der Waals surface area contributed by atoms with Gasteiger partial charge in [0.1, 0.15) is 4.99 Å². The zero-order valence-corrected chi connectivity index (χ0v) is 10.5. The Bertz CT molecular complexity index is 272. The van der Waals surface area contributed by atoms with E-state index < -0.39 is 0 Å². The van der Waals surface area contributed by atoms with E-state index in [0.29, 0.717) is 0 Å². The zero-order chi connectivity index (χ0) is 11.0. The van der Waals surface area contributed by atoms with E-state index in [-0.39, 0.29) is 11.1 Å². The first kappa shape index (κ1) is 11.5. The van der Waals surface area contributed by atoms with Crippen LogP contribution in [0.2, 0.25) is 0 Å². The maximum atomic E-state index is 5.19.